The van der Waals surface area contributed by atoms with E-state index in [-0.39, 0.29) is 76.3 Å². The van der Waals surface area contributed by atoms with Gasteiger partial charge in [-0.25, -0.2) is 88.8 Å². The molecule has 6 aromatic heterocycles. The number of benzene rings is 6. The summed E-state index contributed by atoms with van der Waals surface area (Å²) in [4.78, 5) is 59.5. The van der Waals surface area contributed by atoms with Crippen LogP contribution in [0.4, 0.5) is 96.9 Å². The molecule has 0 unspecified atom stereocenters. The van der Waals surface area contributed by atoms with Gasteiger partial charge in [-0.3, -0.25) is 0 Å². The lowest BCUT2D eigenvalue weighted by molar-refractivity contribution is 0.122. The van der Waals surface area contributed by atoms with Crippen LogP contribution >= 0.6 is 0 Å². The van der Waals surface area contributed by atoms with Crippen molar-refractivity contribution in [3.63, 3.8) is 0 Å². The van der Waals surface area contributed by atoms with Gasteiger partial charge < -0.3 is 62.9 Å². The Morgan fingerprint density at radius 1 is 0.257 bits per heavy atom. The zero-order valence-corrected chi connectivity index (χ0v) is 74.8. The highest BCUT2D eigenvalue weighted by Gasteiger charge is 2.25. The molecule has 6 fully saturated rings. The highest BCUT2D eigenvalue weighted by Crippen LogP contribution is 2.26. The first-order chi connectivity index (χ1) is 66.6. The summed E-state index contributed by atoms with van der Waals surface area (Å²) in [6.07, 6.45) is 16.6. The van der Waals surface area contributed by atoms with Gasteiger partial charge in [0.05, 0.1) is 154 Å². The summed E-state index contributed by atoms with van der Waals surface area (Å²) in [5.41, 5.74) is 25.1. The maximum Gasteiger partial charge on any atom is 0.245 e. The zero-order chi connectivity index (χ0) is 94.7. The molecule has 0 spiro atoms. The van der Waals surface area contributed by atoms with Crippen LogP contribution in [0.2, 0.25) is 0 Å². The maximum absolute atomic E-state index is 13.9. The minimum atomic E-state index is -0.484. The topological polar surface area (TPSA) is 396 Å². The Hall–Kier alpha value is -15.4. The molecule has 43 heteroatoms. The average Bonchev–Trinajstić information content (AvgIpc) is 0.853. The van der Waals surface area contributed by atoms with E-state index in [1.54, 1.807) is 60.2 Å². The van der Waals surface area contributed by atoms with Gasteiger partial charge >= 0.3 is 0 Å². The Kier molecular flexibility index (Phi) is 38.0. The van der Waals surface area contributed by atoms with Crippen molar-refractivity contribution in [2.24, 2.45) is 30.6 Å². The van der Waals surface area contributed by atoms with Gasteiger partial charge in [0.1, 0.15) is 5.75 Å². The molecule has 6 saturated heterocycles. The summed E-state index contributed by atoms with van der Waals surface area (Å²) >= 11 is 0. The Morgan fingerprint density at radius 3 is 0.728 bits per heavy atom. The van der Waals surface area contributed by atoms with Crippen LogP contribution in [0.25, 0.3) is 0 Å². The molecular weight excluding hydrogens is 1760 g/mol. The number of hydrazone groups is 6. The molecule has 6 aliphatic heterocycles. The lowest BCUT2D eigenvalue weighted by Crippen LogP contribution is -2.37. The summed E-state index contributed by atoms with van der Waals surface area (Å²) in [5.74, 6) is 0.488. The fourth-order valence-corrected chi connectivity index (χ4v) is 13.3. The van der Waals surface area contributed by atoms with Gasteiger partial charge in [0.25, 0.3) is 0 Å². The number of nitrogens with one attached hydrogen (secondary N) is 6. The van der Waals surface area contributed by atoms with Crippen LogP contribution in [-0.2, 0) is 28.4 Å². The molecule has 6 aromatic carbocycles. The van der Waals surface area contributed by atoms with Crippen LogP contribution in [0, 0.1) is 55.7 Å². The van der Waals surface area contributed by atoms with Gasteiger partial charge in [0, 0.05) is 84.1 Å². The van der Waals surface area contributed by atoms with Crippen molar-refractivity contribution < 1.29 is 59.9 Å². The van der Waals surface area contributed by atoms with E-state index in [0.29, 0.717) is 163 Å². The number of rotatable bonds is 24. The fourth-order valence-electron chi connectivity index (χ4n) is 13.3. The number of nitrogens with zero attached hydrogens (tertiary/aromatic N) is 24. The fraction of sp³-hybridized carbons (Fsp3) is 0.290. The number of para-hydroxylation sites is 1. The first-order valence-electron chi connectivity index (χ1n) is 43.5. The summed E-state index contributed by atoms with van der Waals surface area (Å²) in [6.45, 7) is 20.1. The quantitative estimate of drug-likeness (QED) is 0.0168. The summed E-state index contributed by atoms with van der Waals surface area (Å²) in [6, 6.07) is 49.8. The molecular formula is C93H102F6N30O7. The normalized spacial score (nSPS) is 15.2. The Labute approximate surface area is 780 Å². The van der Waals surface area contributed by atoms with Crippen LogP contribution in [0.15, 0.2) is 226 Å². The molecule has 0 bridgehead atoms. The van der Waals surface area contributed by atoms with Gasteiger partial charge in [-0.1, -0.05) is 162 Å². The summed E-state index contributed by atoms with van der Waals surface area (Å²) in [7, 11) is 0. The number of anilines is 12. The number of phenolic OH excluding ortho intramolecular Hbond substituents is 1. The van der Waals surface area contributed by atoms with Crippen LogP contribution < -0.4 is 62.0 Å². The minimum Gasteiger partial charge on any atom is -0.507 e. The van der Waals surface area contributed by atoms with Crippen LogP contribution in [0.1, 0.15) is 50.1 Å². The van der Waals surface area contributed by atoms with Gasteiger partial charge in [-0.05, 0) is 60.7 Å². The summed E-state index contributed by atoms with van der Waals surface area (Å²) in [5, 5.41) is 34.0. The third-order valence-corrected chi connectivity index (χ3v) is 20.2. The van der Waals surface area contributed by atoms with Crippen LogP contribution in [-0.4, -0.2) is 260 Å². The first kappa shape index (κ1) is 98.1. The van der Waals surface area contributed by atoms with Crippen molar-refractivity contribution in [3.05, 3.63) is 280 Å². The smallest absolute Gasteiger partial charge is 0.245 e. The molecule has 136 heavy (non-hydrogen) atoms. The molecule has 12 aromatic rings. The SMILES string of the molecule is Cc1ccc(/C=N/Nc2ncc(F)c(N3CCOCC3)n2)cc1.Cc1cccc(/C=N/Nc2ncc(F)c(N3CCOCC3)n2)c1.Cc1cccc(/C=N/Nc2ncc(F)c(N3CCOCC3)n2)c1.Fc1cnc(N/N=C/c2ccccc2)nc1N1CCOCC1.Fc1cnc(N/N=C/c2ccccc2)nc1N1CCOCC1.Oc1ccccc1/C=N/Nc1ncc(F)c(N2CCOCC2)n1. The van der Waals surface area contributed by atoms with E-state index in [4.69, 9.17) is 28.4 Å². The second kappa shape index (κ2) is 52.7. The Bertz CT molecular complexity index is 5690. The Balaban J connectivity index is 0.000000138. The average molecular weight is 1870 g/mol. The maximum atomic E-state index is 13.9. The Morgan fingerprint density at radius 2 is 0.478 bits per heavy atom. The van der Waals surface area contributed by atoms with Gasteiger partial charge in [-0.2, -0.15) is 60.5 Å². The van der Waals surface area contributed by atoms with Gasteiger partial charge in [0.15, 0.2) is 69.8 Å². The number of aromatic hydroxyl groups is 1. The van der Waals surface area contributed by atoms with E-state index in [9.17, 15) is 31.4 Å². The molecule has 7 N–H and O–H groups in total. The van der Waals surface area contributed by atoms with Crippen molar-refractivity contribution >= 4 is 108 Å². The molecule has 0 aliphatic carbocycles. The van der Waals surface area contributed by atoms with E-state index < -0.39 is 34.9 Å². The molecule has 0 radical (unpaired) electrons. The molecule has 6 aliphatic rings. The third kappa shape index (κ3) is 31.6. The van der Waals surface area contributed by atoms with Crippen LogP contribution in [0.5, 0.6) is 5.75 Å². The second-order valence-electron chi connectivity index (χ2n) is 30.1. The number of hydrogen-bond donors (Lipinski definition) is 7. The third-order valence-electron chi connectivity index (χ3n) is 20.2. The van der Waals surface area contributed by atoms with Crippen molar-refractivity contribution in [1.29, 1.82) is 0 Å². The van der Waals surface area contributed by atoms with Gasteiger partial charge in [0.2, 0.25) is 35.7 Å². The van der Waals surface area contributed by atoms with Crippen molar-refractivity contribution in [1.82, 2.24) is 59.8 Å². The largest absolute Gasteiger partial charge is 0.507 e. The lowest BCUT2D eigenvalue weighted by atomic mass is 10.2. The molecule has 37 nitrogen and oxygen atoms in total. The van der Waals surface area contributed by atoms with E-state index in [2.05, 4.69) is 123 Å². The number of ether oxygens (including phenoxy) is 6. The predicted molar refractivity (Wildman–Crippen MR) is 512 cm³/mol. The molecule has 18 rings (SSSR count). The number of phenols is 1. The number of aryl methyl sites for hydroxylation is 3. The highest BCUT2D eigenvalue weighted by molar-refractivity contribution is 5.84. The monoisotopic (exact) mass is 1860 g/mol. The minimum absolute atomic E-state index is 0.118. The molecule has 0 saturated carbocycles. The summed E-state index contributed by atoms with van der Waals surface area (Å²) < 4.78 is 115. The first-order valence-corrected chi connectivity index (χ1v) is 43.5. The molecule has 0 amide bonds. The van der Waals surface area contributed by atoms with Gasteiger partial charge in [-0.15, -0.1) is 0 Å². The van der Waals surface area contributed by atoms with E-state index in [0.717, 1.165) is 76.1 Å². The number of halogens is 6. The number of aromatic nitrogens is 12. The predicted octanol–water partition coefficient (Wildman–Crippen LogP) is 12.0. The highest BCUT2D eigenvalue weighted by atomic mass is 19.1. The van der Waals surface area contributed by atoms with Crippen LogP contribution in [0.3, 0.4) is 0 Å². The zero-order valence-electron chi connectivity index (χ0n) is 74.8. The van der Waals surface area contributed by atoms with Crippen molar-refractivity contribution in [2.75, 3.05) is 220 Å². The van der Waals surface area contributed by atoms with Crippen molar-refractivity contribution in [2.45, 2.75) is 20.8 Å². The standard InChI is InChI=1S/3C16H18FN5O.C15H16FN5O2.2C15H16FN5O/c1-12-2-4-13(5-3-12)10-19-21-16-18-11-14(17)15(20-16)22-6-8-23-9-7-22;2*1-12-3-2-4-13(9-12)10-19-21-16-18-11-14(17)15(20-16)22-5-7-23-8-6-22;16-12-10-17-15(19-14(12)21-5-7-23-8-6-21)20-18-9-11-3-1-2-4-13(11)22;2*16-13-11-17-15(19-14(13)21-6-8-22-9-7-21)20-18-10-12-4-2-1-3-5-12/h2-5,10-11H,6-9H2,1H3,(H,18,20,21);2*2-4,9-11H,5-8H2,1H3,(H,18,20,21);1-4,9-10,22H,5-8H2,(H,17,19,20);2*1-5,10-11H,6-9H2,(H,17,19,20)/b3*19-10+;18-9+;2*18-10+. The molecule has 0 atom stereocenters. The number of morpholine rings is 6. The molecule has 12 heterocycles. The van der Waals surface area contributed by atoms with E-state index in [1.807, 2.05) is 179 Å². The van der Waals surface area contributed by atoms with E-state index >= 15 is 0 Å². The second-order valence-corrected chi connectivity index (χ2v) is 30.1. The van der Waals surface area contributed by atoms with E-state index in [1.165, 1.54) is 11.8 Å². The lowest BCUT2D eigenvalue weighted by Gasteiger charge is -2.27. The molecule has 708 valence electrons. The van der Waals surface area contributed by atoms with Crippen molar-refractivity contribution in [3.8, 4) is 5.75 Å². The number of hydrogen-bond acceptors (Lipinski definition) is 37.